The maximum Gasteiger partial charge on any atom is 0.303 e. The highest BCUT2D eigenvalue weighted by Crippen LogP contribution is 2.34. The number of nitrogens with zero attached hydrogens (tertiary/aromatic N) is 1. The summed E-state index contributed by atoms with van der Waals surface area (Å²) < 4.78 is 21.8. The molecule has 158 valence electrons. The van der Waals surface area contributed by atoms with E-state index in [1.165, 1.54) is 45.7 Å². The summed E-state index contributed by atoms with van der Waals surface area (Å²) in [6, 6.07) is 3.14. The van der Waals surface area contributed by atoms with Gasteiger partial charge >= 0.3 is 17.9 Å². The number of pyridine rings is 1. The Morgan fingerprint density at radius 1 is 0.966 bits per heavy atom. The molecule has 0 aromatic carbocycles. The lowest BCUT2D eigenvalue weighted by Crippen LogP contribution is -2.55. The molecule has 1 N–H and O–H groups in total. The molecule has 29 heavy (non-hydrogen) atoms. The van der Waals surface area contributed by atoms with Gasteiger partial charge in [0.05, 0.1) is 6.20 Å². The minimum absolute atomic E-state index is 0.260. The Hall–Kier alpha value is -2.82. The fraction of sp³-hybridized carbons (Fsp3) is 0.500. The van der Waals surface area contributed by atoms with Crippen LogP contribution in [0.3, 0.4) is 0 Å². The monoisotopic (exact) mass is 426 g/mol. The number of thioether (sulfide) groups is 1. The maximum atomic E-state index is 11.6. The average molecular weight is 426 g/mol. The quantitative estimate of drug-likeness (QED) is 0.524. The van der Waals surface area contributed by atoms with Gasteiger partial charge in [-0.3, -0.25) is 19.2 Å². The predicted molar refractivity (Wildman–Crippen MR) is 102 cm³/mol. The number of nitrogens with one attached hydrogen (secondary N) is 1. The second-order valence-electron chi connectivity index (χ2n) is 6.18. The molecule has 0 saturated carbocycles. The predicted octanol–water partition coefficient (Wildman–Crippen LogP) is 1.29. The summed E-state index contributed by atoms with van der Waals surface area (Å²) in [6.07, 6.45) is -1.45. The highest BCUT2D eigenvalue weighted by atomic mass is 32.2. The van der Waals surface area contributed by atoms with Gasteiger partial charge in [0.15, 0.2) is 23.7 Å². The van der Waals surface area contributed by atoms with E-state index in [0.717, 1.165) is 0 Å². The van der Waals surface area contributed by atoms with Crippen molar-refractivity contribution in [3.8, 4) is 5.75 Å². The van der Waals surface area contributed by atoms with Crippen LogP contribution in [0.2, 0.25) is 0 Å². The summed E-state index contributed by atoms with van der Waals surface area (Å²) in [5.41, 5.74) is -0.747. The molecule has 1 aromatic heterocycles. The summed E-state index contributed by atoms with van der Waals surface area (Å²) in [5.74, 6) is -1.07. The van der Waals surface area contributed by atoms with E-state index in [1.54, 1.807) is 12.1 Å². The number of carbonyl (C=O) groups is 4. The van der Waals surface area contributed by atoms with Crippen LogP contribution < -0.4 is 10.1 Å². The van der Waals surface area contributed by atoms with Crippen molar-refractivity contribution in [2.45, 2.75) is 51.4 Å². The number of esters is 3. The molecule has 1 aliphatic rings. The molecule has 0 unspecified atom stereocenters. The molecule has 0 aliphatic carbocycles. The van der Waals surface area contributed by atoms with Gasteiger partial charge in [-0.1, -0.05) is 0 Å². The van der Waals surface area contributed by atoms with Crippen LogP contribution in [-0.2, 0) is 33.4 Å². The van der Waals surface area contributed by atoms with E-state index in [9.17, 15) is 19.2 Å². The maximum absolute atomic E-state index is 11.6. The van der Waals surface area contributed by atoms with Crippen LogP contribution in [0.25, 0.3) is 0 Å². The molecule has 1 saturated heterocycles. The topological polar surface area (TPSA) is 130 Å². The number of amides is 1. The van der Waals surface area contributed by atoms with E-state index in [1.807, 2.05) is 0 Å². The van der Waals surface area contributed by atoms with Gasteiger partial charge in [-0.15, -0.1) is 11.8 Å². The number of carbonyl (C=O) groups excluding carboxylic acids is 4. The van der Waals surface area contributed by atoms with E-state index in [0.29, 0.717) is 11.6 Å². The Bertz CT molecular complexity index is 770. The van der Waals surface area contributed by atoms with Crippen molar-refractivity contribution in [1.29, 1.82) is 0 Å². The summed E-state index contributed by atoms with van der Waals surface area (Å²) in [6.45, 7) is 5.02. The third kappa shape index (κ3) is 6.93. The Kier molecular flexibility index (Phi) is 7.82. The summed E-state index contributed by atoms with van der Waals surface area (Å²) >= 11 is 1.24. The van der Waals surface area contributed by atoms with Gasteiger partial charge in [-0.05, 0) is 12.1 Å². The van der Waals surface area contributed by atoms with Crippen LogP contribution in [0.5, 0.6) is 5.75 Å². The van der Waals surface area contributed by atoms with Crippen molar-refractivity contribution >= 4 is 41.4 Å². The normalized spacial score (nSPS) is 23.4. The molecular formula is C18H22N2O8S. The largest absolute Gasteiger partial charge is 0.474 e. The van der Waals surface area contributed by atoms with E-state index in [4.69, 9.17) is 18.9 Å². The molecule has 1 fully saturated rings. The molecule has 0 spiro atoms. The van der Waals surface area contributed by atoms with E-state index >= 15 is 0 Å². The van der Waals surface area contributed by atoms with Crippen LogP contribution in [0.1, 0.15) is 27.7 Å². The van der Waals surface area contributed by atoms with E-state index in [-0.39, 0.29) is 11.7 Å². The van der Waals surface area contributed by atoms with Crippen molar-refractivity contribution in [3.05, 3.63) is 18.3 Å². The highest BCUT2D eigenvalue weighted by molar-refractivity contribution is 7.99. The lowest BCUT2D eigenvalue weighted by molar-refractivity contribution is -0.186. The summed E-state index contributed by atoms with van der Waals surface area (Å²) in [5, 5.41) is 2.54. The number of hydrogen-bond acceptors (Lipinski definition) is 10. The first-order valence-corrected chi connectivity index (χ1v) is 9.74. The van der Waals surface area contributed by atoms with Crippen molar-refractivity contribution < 1.29 is 38.1 Å². The number of ether oxygens (including phenoxy) is 4. The molecule has 4 atom stereocenters. The lowest BCUT2D eigenvalue weighted by Gasteiger charge is -2.39. The molecule has 10 nitrogen and oxygen atoms in total. The molecule has 2 rings (SSSR count). The third-order valence-electron chi connectivity index (χ3n) is 3.60. The van der Waals surface area contributed by atoms with Gasteiger partial charge in [0.25, 0.3) is 0 Å². The minimum atomic E-state index is -1.03. The first kappa shape index (κ1) is 22.5. The zero-order valence-corrected chi connectivity index (χ0v) is 17.2. The fourth-order valence-corrected chi connectivity index (χ4v) is 3.86. The van der Waals surface area contributed by atoms with Gasteiger partial charge in [0, 0.05) is 33.4 Å². The van der Waals surface area contributed by atoms with Gasteiger partial charge < -0.3 is 24.3 Å². The van der Waals surface area contributed by atoms with Crippen LogP contribution in [0, 0.1) is 0 Å². The Morgan fingerprint density at radius 2 is 1.59 bits per heavy atom. The molecular weight excluding hydrogens is 404 g/mol. The number of hydrogen-bond donors (Lipinski definition) is 1. The van der Waals surface area contributed by atoms with Gasteiger partial charge in [-0.2, -0.15) is 0 Å². The summed E-state index contributed by atoms with van der Waals surface area (Å²) in [7, 11) is 0. The van der Waals surface area contributed by atoms with Crippen LogP contribution >= 0.6 is 11.8 Å². The number of rotatable bonds is 6. The van der Waals surface area contributed by atoms with E-state index < -0.39 is 41.7 Å². The highest BCUT2D eigenvalue weighted by Gasteiger charge is 2.47. The second-order valence-corrected chi connectivity index (χ2v) is 7.31. The third-order valence-corrected chi connectivity index (χ3v) is 4.81. The smallest absolute Gasteiger partial charge is 0.303 e. The number of aromatic nitrogens is 1. The Morgan fingerprint density at radius 3 is 2.10 bits per heavy atom. The second kappa shape index (κ2) is 10.1. The standard InChI is InChI=1S/C18H22N2O8S/c1-9(21)20-15-6-5-13(7-19-15)28-18-17(27-12(4)24)16(26-11(3)23)14(8-29-18)25-10(2)22/h5-7,14,16-18H,8H2,1-4H3,(H,19,20,21)/t14-,16+,17-,18+/m1/s1. The molecule has 0 radical (unpaired) electrons. The van der Waals surface area contributed by atoms with Crippen LogP contribution in [0.4, 0.5) is 5.82 Å². The summed E-state index contributed by atoms with van der Waals surface area (Å²) in [4.78, 5) is 49.7. The molecule has 0 bridgehead atoms. The van der Waals surface area contributed by atoms with Crippen molar-refractivity contribution in [1.82, 2.24) is 4.98 Å². The van der Waals surface area contributed by atoms with Crippen molar-refractivity contribution in [3.63, 3.8) is 0 Å². The SMILES string of the molecule is CC(=O)Nc1ccc(O[C@H]2SC[C@@H](OC(C)=O)[C@H](OC(C)=O)[C@H]2OC(C)=O)cn1. The first-order chi connectivity index (χ1) is 13.7. The van der Waals surface area contributed by atoms with Gasteiger partial charge in [0.1, 0.15) is 11.6 Å². The zero-order valence-electron chi connectivity index (χ0n) is 16.4. The van der Waals surface area contributed by atoms with E-state index in [2.05, 4.69) is 10.3 Å². The lowest BCUT2D eigenvalue weighted by atomic mass is 10.1. The first-order valence-electron chi connectivity index (χ1n) is 8.69. The van der Waals surface area contributed by atoms with Crippen molar-refractivity contribution in [2.75, 3.05) is 11.1 Å². The molecule has 11 heteroatoms. The van der Waals surface area contributed by atoms with Crippen molar-refractivity contribution in [2.24, 2.45) is 0 Å². The molecule has 1 amide bonds. The Labute approximate surface area is 171 Å². The minimum Gasteiger partial charge on any atom is -0.474 e. The van der Waals surface area contributed by atoms with Gasteiger partial charge in [-0.25, -0.2) is 4.98 Å². The fourth-order valence-electron chi connectivity index (χ4n) is 2.65. The molecule has 1 aromatic rings. The number of anilines is 1. The van der Waals surface area contributed by atoms with Crippen LogP contribution in [0.15, 0.2) is 18.3 Å². The zero-order chi connectivity index (χ0) is 21.6. The average Bonchev–Trinajstić information content (AvgIpc) is 2.60. The Balaban J connectivity index is 2.22. The molecule has 2 heterocycles. The van der Waals surface area contributed by atoms with Crippen LogP contribution in [-0.4, -0.2) is 58.3 Å². The van der Waals surface area contributed by atoms with Gasteiger partial charge in [0.2, 0.25) is 5.91 Å². The molecule has 1 aliphatic heterocycles.